The fourth-order valence-corrected chi connectivity index (χ4v) is 4.89. The maximum absolute atomic E-state index is 14.1. The minimum absolute atomic E-state index is 0. The van der Waals surface area contributed by atoms with Gasteiger partial charge in [-0.25, -0.2) is 22.8 Å². The smallest absolute Gasteiger partial charge is 0.270 e. The van der Waals surface area contributed by atoms with Crippen molar-refractivity contribution in [1.29, 1.82) is 0 Å². The summed E-state index contributed by atoms with van der Waals surface area (Å²) < 4.78 is 45.3. The van der Waals surface area contributed by atoms with E-state index in [1.54, 1.807) is 31.2 Å². The number of benzene rings is 2. The molecule has 0 saturated heterocycles. The highest BCUT2D eigenvalue weighted by Crippen LogP contribution is 2.29. The van der Waals surface area contributed by atoms with E-state index in [4.69, 9.17) is 10.2 Å². The molecule has 0 amide bonds. The van der Waals surface area contributed by atoms with E-state index in [9.17, 15) is 12.8 Å². The number of halogens is 1. The molecular weight excluding hydrogens is 459 g/mol. The van der Waals surface area contributed by atoms with Gasteiger partial charge in [-0.2, -0.15) is 0 Å². The first kappa shape index (κ1) is 23.5. The van der Waals surface area contributed by atoms with Crippen LogP contribution >= 0.6 is 0 Å². The van der Waals surface area contributed by atoms with Crippen LogP contribution in [0.3, 0.4) is 0 Å². The molecule has 9 nitrogen and oxygen atoms in total. The lowest BCUT2D eigenvalue weighted by molar-refractivity contribution is 0.405. The van der Waals surface area contributed by atoms with Crippen LogP contribution in [0.2, 0.25) is 0 Å². The Morgan fingerprint density at radius 3 is 2.44 bits per heavy atom. The van der Waals surface area contributed by atoms with Gasteiger partial charge in [0.05, 0.1) is 27.6 Å². The molecule has 4 aromatic rings. The Kier molecular flexibility index (Phi) is 6.40. The van der Waals surface area contributed by atoms with Gasteiger partial charge < -0.3 is 15.1 Å². The topological polar surface area (TPSA) is 128 Å². The van der Waals surface area contributed by atoms with Crippen LogP contribution in [0.25, 0.3) is 34.3 Å². The van der Waals surface area contributed by atoms with Gasteiger partial charge >= 0.3 is 0 Å². The summed E-state index contributed by atoms with van der Waals surface area (Å²) in [6.45, 7) is 2.09. The van der Waals surface area contributed by atoms with Crippen LogP contribution in [0, 0.1) is 5.82 Å². The minimum Gasteiger partial charge on any atom is -0.414 e. The molecule has 2 aromatic carbocycles. The lowest BCUT2D eigenvalue weighted by Gasteiger charge is -2.17. The minimum atomic E-state index is -3.48. The third kappa shape index (κ3) is 4.66. The average molecular weight is 487 g/mol. The van der Waals surface area contributed by atoms with Crippen molar-refractivity contribution in [3.63, 3.8) is 0 Å². The van der Waals surface area contributed by atoms with Crippen LogP contribution in [0.4, 0.5) is 10.2 Å². The van der Waals surface area contributed by atoms with Crippen LogP contribution in [-0.4, -0.2) is 59.4 Å². The van der Waals surface area contributed by atoms with Crippen LogP contribution in [0.5, 0.6) is 0 Å². The van der Waals surface area contributed by atoms with Gasteiger partial charge in [0.1, 0.15) is 5.82 Å². The molecule has 0 spiro atoms. The fourth-order valence-electron chi connectivity index (χ4n) is 3.42. The molecule has 0 fully saturated rings. The van der Waals surface area contributed by atoms with Gasteiger partial charge in [-0.15, -0.1) is 10.2 Å². The summed E-state index contributed by atoms with van der Waals surface area (Å²) >= 11 is 0. The van der Waals surface area contributed by atoms with Crippen molar-refractivity contribution in [1.82, 2.24) is 25.1 Å². The summed E-state index contributed by atoms with van der Waals surface area (Å²) in [6.07, 6.45) is 1.46. The number of rotatable bonds is 7. The molecule has 1 atom stereocenters. The van der Waals surface area contributed by atoms with E-state index in [1.165, 1.54) is 30.5 Å². The molecule has 0 bridgehead atoms. The molecule has 0 saturated carbocycles. The van der Waals surface area contributed by atoms with Crippen LogP contribution in [0.1, 0.15) is 9.78 Å². The monoisotopic (exact) mass is 486 g/mol. The molecule has 2 heterocycles. The molecule has 0 aliphatic carbocycles. The zero-order chi connectivity index (χ0) is 24.5. The molecule has 4 rings (SSSR count). The second kappa shape index (κ2) is 9.27. The van der Waals surface area contributed by atoms with Gasteiger partial charge in [0, 0.05) is 15.0 Å². The van der Waals surface area contributed by atoms with Crippen LogP contribution < -0.4 is 5.73 Å². The van der Waals surface area contributed by atoms with E-state index < -0.39 is 20.9 Å². The number of aromatic nitrogens is 4. The largest absolute Gasteiger partial charge is 0.414 e. The standard InChI is InChI=1S/C23H23FN6O3S.2H2/c1-14(13-30(2)3)34(31,32)16-10-8-15(9-11-16)19-12-26-21(25)20(27-19)23-29-28-22(33-23)17-6-4-5-7-18(17)24;;/h4-12,14H,13H2,1-3H3,(H2,25,26);2*1H. The molecule has 1 unspecified atom stereocenters. The fraction of sp³-hybridized carbons (Fsp3) is 0.217. The summed E-state index contributed by atoms with van der Waals surface area (Å²) in [6, 6.07) is 12.4. The van der Waals surface area contributed by atoms with Crippen molar-refractivity contribution in [2.45, 2.75) is 17.1 Å². The van der Waals surface area contributed by atoms with Crippen molar-refractivity contribution in [2.24, 2.45) is 0 Å². The first-order valence-corrected chi connectivity index (χ1v) is 11.9. The van der Waals surface area contributed by atoms with Gasteiger partial charge in [0.25, 0.3) is 11.8 Å². The molecule has 180 valence electrons. The molecule has 0 aliphatic heterocycles. The zero-order valence-electron chi connectivity index (χ0n) is 18.8. The van der Waals surface area contributed by atoms with Crippen LogP contribution in [-0.2, 0) is 9.84 Å². The Morgan fingerprint density at radius 2 is 1.76 bits per heavy atom. The first-order valence-electron chi connectivity index (χ1n) is 10.4. The van der Waals surface area contributed by atoms with Crippen molar-refractivity contribution in [3.8, 4) is 34.3 Å². The number of nitrogen functional groups attached to an aromatic ring is 1. The van der Waals surface area contributed by atoms with E-state index >= 15 is 0 Å². The van der Waals surface area contributed by atoms with Gasteiger partial charge in [0.15, 0.2) is 21.3 Å². The molecule has 2 aromatic heterocycles. The molecule has 0 radical (unpaired) electrons. The maximum Gasteiger partial charge on any atom is 0.270 e. The first-order chi connectivity index (χ1) is 16.2. The second-order valence-electron chi connectivity index (χ2n) is 8.02. The number of hydrogen-bond acceptors (Lipinski definition) is 9. The molecule has 2 N–H and O–H groups in total. The number of sulfone groups is 1. The molecular formula is C23H27FN6O3S. The van der Waals surface area contributed by atoms with E-state index in [2.05, 4.69) is 20.2 Å². The van der Waals surface area contributed by atoms with E-state index in [-0.39, 0.29) is 36.6 Å². The van der Waals surface area contributed by atoms with Gasteiger partial charge in [-0.3, -0.25) is 0 Å². The predicted molar refractivity (Wildman–Crippen MR) is 130 cm³/mol. The Balaban J connectivity index is 0.00000228. The number of nitrogens with two attached hydrogens (primary N) is 1. The van der Waals surface area contributed by atoms with Gasteiger partial charge in [0.2, 0.25) is 0 Å². The summed E-state index contributed by atoms with van der Waals surface area (Å²) in [7, 11) is 0.177. The third-order valence-electron chi connectivity index (χ3n) is 5.16. The Labute approximate surface area is 199 Å². The molecule has 0 aliphatic rings. The van der Waals surface area contributed by atoms with E-state index in [0.29, 0.717) is 17.8 Å². The quantitative estimate of drug-likeness (QED) is 0.415. The zero-order valence-corrected chi connectivity index (χ0v) is 19.6. The second-order valence-corrected chi connectivity index (χ2v) is 10.4. The Bertz CT molecular complexity index is 1430. The highest BCUT2D eigenvalue weighted by atomic mass is 32.2. The Hall–Kier alpha value is -3.70. The average Bonchev–Trinajstić information content (AvgIpc) is 3.29. The maximum atomic E-state index is 14.1. The van der Waals surface area contributed by atoms with Gasteiger partial charge in [-0.1, -0.05) is 24.3 Å². The van der Waals surface area contributed by atoms with E-state index in [1.807, 2.05) is 19.0 Å². The SMILES string of the molecule is CC(CN(C)C)S(=O)(=O)c1ccc(-c2cnc(N)c(-c3nnc(-c4ccccc4F)o3)n2)cc1.[HH].[HH]. The van der Waals surface area contributed by atoms with Crippen LogP contribution in [0.15, 0.2) is 64.0 Å². The summed E-state index contributed by atoms with van der Waals surface area (Å²) in [5.74, 6) is -0.465. The van der Waals surface area contributed by atoms with E-state index in [0.717, 1.165) is 0 Å². The summed E-state index contributed by atoms with van der Waals surface area (Å²) in [5.41, 5.74) is 7.33. The Morgan fingerprint density at radius 1 is 1.09 bits per heavy atom. The van der Waals surface area contributed by atoms with Crippen molar-refractivity contribution in [2.75, 3.05) is 26.4 Å². The lowest BCUT2D eigenvalue weighted by Crippen LogP contribution is -2.30. The van der Waals surface area contributed by atoms with Crippen molar-refractivity contribution < 1.29 is 20.1 Å². The van der Waals surface area contributed by atoms with Gasteiger partial charge in [-0.05, 0) is 45.3 Å². The molecule has 34 heavy (non-hydrogen) atoms. The normalized spacial score (nSPS) is 12.7. The number of anilines is 1. The highest BCUT2D eigenvalue weighted by molar-refractivity contribution is 7.92. The summed E-state index contributed by atoms with van der Waals surface area (Å²) in [4.78, 5) is 10.7. The third-order valence-corrected chi connectivity index (χ3v) is 7.30. The van der Waals surface area contributed by atoms with Crippen molar-refractivity contribution >= 4 is 15.7 Å². The summed E-state index contributed by atoms with van der Waals surface area (Å²) in [5, 5.41) is 7.27. The van der Waals surface area contributed by atoms with Crippen molar-refractivity contribution in [3.05, 3.63) is 60.5 Å². The lowest BCUT2D eigenvalue weighted by atomic mass is 10.1. The molecule has 11 heteroatoms. The number of hydrogen-bond donors (Lipinski definition) is 1. The number of nitrogens with zero attached hydrogens (tertiary/aromatic N) is 5. The highest BCUT2D eigenvalue weighted by Gasteiger charge is 2.24. The predicted octanol–water partition coefficient (Wildman–Crippen LogP) is 3.80.